The molecule has 2 N–H and O–H groups in total. The van der Waals surface area contributed by atoms with Gasteiger partial charge in [0.2, 0.25) is 0 Å². The van der Waals surface area contributed by atoms with Crippen LogP contribution in [-0.2, 0) is 4.79 Å². The van der Waals surface area contributed by atoms with Crippen molar-refractivity contribution in [1.29, 1.82) is 0 Å². The Morgan fingerprint density at radius 3 is 2.33 bits per heavy atom. The minimum Gasteiger partial charge on any atom is -0.481 e. The lowest BCUT2D eigenvalue weighted by Gasteiger charge is -2.16. The second-order valence-corrected chi connectivity index (χ2v) is 3.25. The molecular weight excluding hydrogens is 192 g/mol. The Morgan fingerprint density at radius 2 is 2.07 bits per heavy atom. The largest absolute Gasteiger partial charge is 0.481 e. The molecule has 0 saturated heterocycles. The first-order valence-electron chi connectivity index (χ1n) is 4.95. The first-order chi connectivity index (χ1) is 6.91. The summed E-state index contributed by atoms with van der Waals surface area (Å²) in [4.78, 5) is 9.00. The zero-order chi connectivity index (χ0) is 12.3. The van der Waals surface area contributed by atoms with Crippen molar-refractivity contribution in [2.24, 2.45) is 0 Å². The fourth-order valence-electron chi connectivity index (χ4n) is 0.878. The third kappa shape index (κ3) is 12.7. The molecule has 0 spiro atoms. The molecule has 86 valence electrons. The Morgan fingerprint density at radius 1 is 1.60 bits per heavy atom. The standard InChI is InChI=1S/C10H16O.C2H4O2/c1-4-7-8-9-10(11,5-2)6-3;1-2(3)4/h2,6,11H,3-4,7-9H2,1H3;1H3,(H,3,4). The maximum absolute atomic E-state index is 9.50. The van der Waals surface area contributed by atoms with Crippen LogP contribution in [0.1, 0.15) is 39.5 Å². The van der Waals surface area contributed by atoms with E-state index in [1.807, 2.05) is 0 Å². The molecule has 0 aliphatic heterocycles. The lowest BCUT2D eigenvalue weighted by molar-refractivity contribution is -0.134. The van der Waals surface area contributed by atoms with Crippen LogP contribution in [0.15, 0.2) is 12.7 Å². The molecule has 0 aliphatic rings. The van der Waals surface area contributed by atoms with Gasteiger partial charge < -0.3 is 10.2 Å². The average molecular weight is 212 g/mol. The Balaban J connectivity index is 0. The topological polar surface area (TPSA) is 57.5 Å². The normalized spacial score (nSPS) is 12.7. The number of aliphatic carboxylic acids is 1. The fourth-order valence-corrected chi connectivity index (χ4v) is 0.878. The quantitative estimate of drug-likeness (QED) is 0.417. The highest BCUT2D eigenvalue weighted by molar-refractivity contribution is 5.62. The molecule has 0 heterocycles. The molecule has 15 heavy (non-hydrogen) atoms. The van der Waals surface area contributed by atoms with Gasteiger partial charge in [-0.05, 0) is 18.9 Å². The molecule has 1 atom stereocenters. The van der Waals surface area contributed by atoms with E-state index < -0.39 is 11.6 Å². The second kappa shape index (κ2) is 9.29. The van der Waals surface area contributed by atoms with Gasteiger partial charge in [0.15, 0.2) is 0 Å². The Bertz CT molecular complexity index is 224. The molecule has 3 heteroatoms. The van der Waals surface area contributed by atoms with Crippen LogP contribution in [0.3, 0.4) is 0 Å². The van der Waals surface area contributed by atoms with E-state index in [0.29, 0.717) is 6.42 Å². The highest BCUT2D eigenvalue weighted by Gasteiger charge is 2.17. The molecule has 0 aliphatic carbocycles. The first-order valence-corrected chi connectivity index (χ1v) is 4.95. The number of carboxylic acids is 1. The third-order valence-corrected chi connectivity index (χ3v) is 1.75. The molecule has 0 aromatic carbocycles. The predicted molar refractivity (Wildman–Crippen MR) is 61.4 cm³/mol. The van der Waals surface area contributed by atoms with E-state index in [1.54, 1.807) is 0 Å². The van der Waals surface area contributed by atoms with E-state index >= 15 is 0 Å². The number of hydrogen-bond acceptors (Lipinski definition) is 2. The summed E-state index contributed by atoms with van der Waals surface area (Å²) < 4.78 is 0. The zero-order valence-electron chi connectivity index (χ0n) is 9.49. The van der Waals surface area contributed by atoms with Crippen LogP contribution in [0, 0.1) is 12.3 Å². The maximum Gasteiger partial charge on any atom is 0.300 e. The van der Waals surface area contributed by atoms with Crippen molar-refractivity contribution in [2.75, 3.05) is 0 Å². The SMILES string of the molecule is C#CC(O)(C=C)CCCCC.CC(=O)O. The molecule has 0 amide bonds. The van der Waals surface area contributed by atoms with Crippen LogP contribution >= 0.6 is 0 Å². The van der Waals surface area contributed by atoms with E-state index in [9.17, 15) is 5.11 Å². The molecule has 0 rings (SSSR count). The monoisotopic (exact) mass is 212 g/mol. The zero-order valence-corrected chi connectivity index (χ0v) is 9.49. The highest BCUT2D eigenvalue weighted by atomic mass is 16.4. The van der Waals surface area contributed by atoms with Gasteiger partial charge in [0, 0.05) is 6.92 Å². The number of aliphatic hydroxyl groups is 1. The summed E-state index contributed by atoms with van der Waals surface area (Å²) in [6.45, 7) is 6.69. The molecular formula is C12H20O3. The van der Waals surface area contributed by atoms with Gasteiger partial charge in [0.1, 0.15) is 5.60 Å². The van der Waals surface area contributed by atoms with Gasteiger partial charge in [-0.15, -0.1) is 6.42 Å². The number of hydrogen-bond donors (Lipinski definition) is 2. The Hall–Kier alpha value is -1.27. The van der Waals surface area contributed by atoms with E-state index in [1.165, 1.54) is 6.08 Å². The van der Waals surface area contributed by atoms with E-state index in [2.05, 4.69) is 19.4 Å². The van der Waals surface area contributed by atoms with Gasteiger partial charge in [-0.2, -0.15) is 0 Å². The number of terminal acetylenes is 1. The van der Waals surface area contributed by atoms with Crippen molar-refractivity contribution < 1.29 is 15.0 Å². The maximum atomic E-state index is 9.50. The molecule has 1 unspecified atom stereocenters. The van der Waals surface area contributed by atoms with Gasteiger partial charge in [-0.3, -0.25) is 4.79 Å². The minimum absolute atomic E-state index is 0.626. The highest BCUT2D eigenvalue weighted by Crippen LogP contribution is 2.14. The Kier molecular flexibility index (Phi) is 10.0. The first kappa shape index (κ1) is 16.2. The molecule has 0 radical (unpaired) electrons. The van der Waals surface area contributed by atoms with Gasteiger partial charge in [0.25, 0.3) is 5.97 Å². The second-order valence-electron chi connectivity index (χ2n) is 3.25. The number of unbranched alkanes of at least 4 members (excludes halogenated alkanes) is 2. The summed E-state index contributed by atoms with van der Waals surface area (Å²) in [6, 6.07) is 0. The van der Waals surface area contributed by atoms with Gasteiger partial charge in [-0.1, -0.05) is 32.3 Å². The summed E-state index contributed by atoms with van der Waals surface area (Å²) in [5, 5.41) is 16.9. The van der Waals surface area contributed by atoms with Crippen molar-refractivity contribution in [3.63, 3.8) is 0 Å². The summed E-state index contributed by atoms with van der Waals surface area (Å²) in [7, 11) is 0. The van der Waals surface area contributed by atoms with Crippen LogP contribution in [0.4, 0.5) is 0 Å². The molecule has 0 saturated carbocycles. The lowest BCUT2D eigenvalue weighted by Crippen LogP contribution is -2.22. The van der Waals surface area contributed by atoms with Crippen LogP contribution < -0.4 is 0 Å². The number of carbonyl (C=O) groups is 1. The van der Waals surface area contributed by atoms with Crippen molar-refractivity contribution in [3.05, 3.63) is 12.7 Å². The fraction of sp³-hybridized carbons (Fsp3) is 0.583. The molecule has 0 fully saturated rings. The molecule has 3 nitrogen and oxygen atoms in total. The van der Waals surface area contributed by atoms with Crippen LogP contribution in [0.2, 0.25) is 0 Å². The third-order valence-electron chi connectivity index (χ3n) is 1.75. The van der Waals surface area contributed by atoms with Crippen molar-refractivity contribution >= 4 is 5.97 Å². The van der Waals surface area contributed by atoms with Crippen molar-refractivity contribution in [2.45, 2.75) is 45.1 Å². The lowest BCUT2D eigenvalue weighted by atomic mass is 9.97. The Labute approximate surface area is 91.8 Å². The summed E-state index contributed by atoms with van der Waals surface area (Å²) in [6.07, 6.45) is 10.4. The van der Waals surface area contributed by atoms with Gasteiger partial charge in [-0.25, -0.2) is 0 Å². The smallest absolute Gasteiger partial charge is 0.300 e. The van der Waals surface area contributed by atoms with Crippen molar-refractivity contribution in [3.8, 4) is 12.3 Å². The van der Waals surface area contributed by atoms with Gasteiger partial charge in [0.05, 0.1) is 0 Å². The summed E-state index contributed by atoms with van der Waals surface area (Å²) in [5.41, 5.74) is -1.07. The van der Waals surface area contributed by atoms with E-state index in [4.69, 9.17) is 16.3 Å². The molecule has 0 aromatic rings. The van der Waals surface area contributed by atoms with E-state index in [0.717, 1.165) is 26.2 Å². The predicted octanol–water partition coefficient (Wildman–Crippen LogP) is 2.21. The van der Waals surface area contributed by atoms with Crippen LogP contribution in [0.5, 0.6) is 0 Å². The van der Waals surface area contributed by atoms with Crippen molar-refractivity contribution in [1.82, 2.24) is 0 Å². The van der Waals surface area contributed by atoms with Crippen LogP contribution in [-0.4, -0.2) is 21.8 Å². The van der Waals surface area contributed by atoms with Crippen LogP contribution in [0.25, 0.3) is 0 Å². The van der Waals surface area contributed by atoms with Gasteiger partial charge >= 0.3 is 0 Å². The van der Waals surface area contributed by atoms with E-state index in [-0.39, 0.29) is 0 Å². The summed E-state index contributed by atoms with van der Waals surface area (Å²) >= 11 is 0. The minimum atomic E-state index is -1.07. The molecule has 0 bridgehead atoms. The molecule has 0 aromatic heterocycles. The number of rotatable bonds is 5. The average Bonchev–Trinajstić information content (AvgIpc) is 2.17. The summed E-state index contributed by atoms with van der Waals surface area (Å²) in [5.74, 6) is 1.49. The number of carboxylic acid groups (broad SMARTS) is 1.